The van der Waals surface area contributed by atoms with Crippen LogP contribution in [-0.2, 0) is 20.2 Å². The molecular weight excluding hydrogens is 675 g/mol. The third-order valence-corrected chi connectivity index (χ3v) is 9.01. The summed E-state index contributed by atoms with van der Waals surface area (Å²) in [6.45, 7) is 0. The van der Waals surface area contributed by atoms with E-state index in [4.69, 9.17) is 11.5 Å². The first-order chi connectivity index (χ1) is 21.9. The van der Waals surface area contributed by atoms with E-state index in [0.717, 1.165) is 11.1 Å². The number of nitrogens with two attached hydrogens (primary N) is 2. The fraction of sp³-hybridized carbons (Fsp3) is 0. The Kier molecular flexibility index (Phi) is 11.6. The van der Waals surface area contributed by atoms with E-state index >= 15 is 0 Å². The van der Waals surface area contributed by atoms with E-state index in [1.165, 1.54) is 12.1 Å². The maximum atomic E-state index is 12.0. The zero-order chi connectivity index (χ0) is 32.6. The van der Waals surface area contributed by atoms with Gasteiger partial charge in [0.15, 0.2) is 0 Å². The van der Waals surface area contributed by atoms with E-state index < -0.39 is 20.2 Å². The molecule has 0 heterocycles. The van der Waals surface area contributed by atoms with E-state index in [2.05, 4.69) is 20.5 Å². The van der Waals surface area contributed by atoms with Crippen molar-refractivity contribution in [2.45, 2.75) is 9.79 Å². The van der Waals surface area contributed by atoms with Crippen LogP contribution in [0.1, 0.15) is 0 Å². The van der Waals surface area contributed by atoms with Gasteiger partial charge in [-0.3, -0.25) is 9.11 Å². The fourth-order valence-electron chi connectivity index (χ4n) is 4.96. The predicted molar refractivity (Wildman–Crippen MR) is 188 cm³/mol. The van der Waals surface area contributed by atoms with Crippen LogP contribution < -0.4 is 11.5 Å². The Balaban J connectivity index is 0.00000260. The van der Waals surface area contributed by atoms with E-state index in [1.807, 2.05) is 24.3 Å². The standard InChI is InChI=1S/C32H24N6O6S2.2Na/c33-31-25-7-3-1-5-23(25)29(45(39,40)41)17-27(31)37-35-21-13-9-19(10-14-21)20-11-15-22(16-12-20)36-38-28-18-30(46(42,43)44)24-6-2-4-8-26(24)32(28)34;;/h1-18H,33-34H2,(H,39,40,41)(H,42,43,44);;. The zero-order valence-corrected chi connectivity index (χ0v) is 31.3. The van der Waals surface area contributed by atoms with E-state index in [0.29, 0.717) is 22.1 Å². The fourth-order valence-corrected chi connectivity index (χ4v) is 6.39. The first-order valence-corrected chi connectivity index (χ1v) is 16.4. The third kappa shape index (κ3) is 7.84. The van der Waals surface area contributed by atoms with Gasteiger partial charge in [0.25, 0.3) is 20.2 Å². The van der Waals surface area contributed by atoms with Crippen LogP contribution in [0.3, 0.4) is 0 Å². The normalized spacial score (nSPS) is 12.0. The van der Waals surface area contributed by atoms with Crippen molar-refractivity contribution in [3.8, 4) is 11.1 Å². The van der Waals surface area contributed by atoms with Gasteiger partial charge < -0.3 is 11.5 Å². The minimum Gasteiger partial charge on any atom is -0.396 e. The molecule has 6 rings (SSSR count). The Morgan fingerprint density at radius 1 is 0.458 bits per heavy atom. The number of nitrogens with zero attached hydrogens (tertiary/aromatic N) is 4. The molecule has 0 saturated heterocycles. The van der Waals surface area contributed by atoms with Gasteiger partial charge in [-0.05, 0) is 47.5 Å². The molecule has 0 bridgehead atoms. The molecule has 0 aliphatic rings. The van der Waals surface area contributed by atoms with Crippen LogP contribution >= 0.6 is 0 Å². The summed E-state index contributed by atoms with van der Waals surface area (Å²) in [7, 11) is -9.07. The van der Waals surface area contributed by atoms with E-state index in [9.17, 15) is 25.9 Å². The number of nitrogen functional groups attached to an aromatic ring is 2. The first kappa shape index (κ1) is 37.3. The third-order valence-electron chi connectivity index (χ3n) is 7.22. The van der Waals surface area contributed by atoms with Gasteiger partial charge in [-0.2, -0.15) is 27.1 Å². The predicted octanol–water partition coefficient (Wildman–Crippen LogP) is 7.39. The largest absolute Gasteiger partial charge is 0.396 e. The number of benzene rings is 6. The van der Waals surface area contributed by atoms with Crippen LogP contribution in [0.5, 0.6) is 0 Å². The molecule has 0 amide bonds. The van der Waals surface area contributed by atoms with Crippen LogP contribution in [0.15, 0.2) is 139 Å². The van der Waals surface area contributed by atoms with Crippen LogP contribution in [0.25, 0.3) is 32.7 Å². The second-order valence-corrected chi connectivity index (χ2v) is 12.9. The molecule has 48 heavy (non-hydrogen) atoms. The number of rotatable bonds is 7. The molecule has 0 aromatic heterocycles. The zero-order valence-electron chi connectivity index (χ0n) is 25.7. The summed E-state index contributed by atoms with van der Waals surface area (Å²) in [6, 6.07) is 29.6. The van der Waals surface area contributed by atoms with Crippen molar-refractivity contribution in [2.24, 2.45) is 20.5 Å². The number of anilines is 2. The Morgan fingerprint density at radius 2 is 0.771 bits per heavy atom. The minimum absolute atomic E-state index is 0. The summed E-state index contributed by atoms with van der Waals surface area (Å²) in [5.41, 5.74) is 15.8. The smallest absolute Gasteiger partial charge is 0.295 e. The van der Waals surface area contributed by atoms with Crippen molar-refractivity contribution in [1.29, 1.82) is 0 Å². The summed E-state index contributed by atoms with van der Waals surface area (Å²) in [6.07, 6.45) is 0. The van der Waals surface area contributed by atoms with Crippen LogP contribution in [-0.4, -0.2) is 85.1 Å². The van der Waals surface area contributed by atoms with Gasteiger partial charge in [0.1, 0.15) is 21.2 Å². The maximum absolute atomic E-state index is 12.0. The van der Waals surface area contributed by atoms with Gasteiger partial charge in [0, 0.05) is 80.7 Å². The van der Waals surface area contributed by atoms with Gasteiger partial charge >= 0.3 is 0 Å². The van der Waals surface area contributed by atoms with Gasteiger partial charge in [-0.25, -0.2) is 0 Å². The SMILES string of the molecule is Nc1c(N=Nc2ccc(-c3ccc(N=Nc4cc(S(=O)(=O)O)c5ccccc5c4N)cc3)cc2)cc(S(=O)(=O)O)c2ccccc12.[Na].[Na]. The summed E-state index contributed by atoms with van der Waals surface area (Å²) in [4.78, 5) is -0.624. The molecule has 0 aliphatic carbocycles. The molecule has 232 valence electrons. The molecule has 6 aromatic carbocycles. The van der Waals surface area contributed by atoms with Gasteiger partial charge in [0.2, 0.25) is 0 Å². The molecule has 6 N–H and O–H groups in total. The van der Waals surface area contributed by atoms with Gasteiger partial charge in [-0.1, -0.05) is 72.8 Å². The molecule has 12 nitrogen and oxygen atoms in total. The molecule has 0 unspecified atom stereocenters. The summed E-state index contributed by atoms with van der Waals surface area (Å²) in [5, 5.41) is 18.1. The average Bonchev–Trinajstić information content (AvgIpc) is 3.04. The topological polar surface area (TPSA) is 210 Å². The summed E-state index contributed by atoms with van der Waals surface area (Å²) in [5.74, 6) is 0. The van der Waals surface area contributed by atoms with Crippen molar-refractivity contribution < 1.29 is 25.9 Å². The average molecular weight is 699 g/mol. The Morgan fingerprint density at radius 3 is 1.08 bits per heavy atom. The molecule has 16 heteroatoms. The number of fused-ring (bicyclic) bond motifs is 2. The second-order valence-electron chi connectivity index (χ2n) is 10.2. The summed E-state index contributed by atoms with van der Waals surface area (Å²) >= 11 is 0. The summed E-state index contributed by atoms with van der Waals surface area (Å²) < 4.78 is 67.4. The molecule has 0 spiro atoms. The van der Waals surface area contributed by atoms with E-state index in [-0.39, 0.29) is 102 Å². The Bertz CT molecular complexity index is 2270. The van der Waals surface area contributed by atoms with Crippen LogP contribution in [0, 0.1) is 0 Å². The Hall–Kier alpha value is -3.54. The molecule has 0 fully saturated rings. The van der Waals surface area contributed by atoms with Crippen molar-refractivity contribution >= 4 is 135 Å². The number of azo groups is 2. The van der Waals surface area contributed by atoms with Gasteiger partial charge in [-0.15, -0.1) is 10.2 Å². The van der Waals surface area contributed by atoms with E-state index in [1.54, 1.807) is 72.8 Å². The van der Waals surface area contributed by atoms with Crippen molar-refractivity contribution in [2.75, 3.05) is 11.5 Å². The van der Waals surface area contributed by atoms with Crippen molar-refractivity contribution in [3.05, 3.63) is 109 Å². The molecule has 0 saturated carbocycles. The monoisotopic (exact) mass is 698 g/mol. The molecule has 6 aromatic rings. The number of hydrogen-bond acceptors (Lipinski definition) is 10. The first-order valence-electron chi connectivity index (χ1n) is 13.5. The molecule has 0 aliphatic heterocycles. The minimum atomic E-state index is -4.53. The molecule has 0 atom stereocenters. The molecule has 2 radical (unpaired) electrons. The van der Waals surface area contributed by atoms with Crippen LogP contribution in [0.4, 0.5) is 34.1 Å². The Labute approximate surface area is 320 Å². The number of hydrogen-bond donors (Lipinski definition) is 4. The van der Waals surface area contributed by atoms with Gasteiger partial charge in [0.05, 0.1) is 22.7 Å². The van der Waals surface area contributed by atoms with Crippen molar-refractivity contribution in [1.82, 2.24) is 0 Å². The van der Waals surface area contributed by atoms with Crippen molar-refractivity contribution in [3.63, 3.8) is 0 Å². The van der Waals surface area contributed by atoms with Crippen LogP contribution in [0.2, 0.25) is 0 Å². The second kappa shape index (κ2) is 14.9. The quantitative estimate of drug-likeness (QED) is 0.0570. The molecular formula is C32H24N6Na2O6S2. The maximum Gasteiger partial charge on any atom is 0.295 e.